The van der Waals surface area contributed by atoms with Crippen LogP contribution in [0.3, 0.4) is 0 Å². The number of hydrogen-bond acceptors (Lipinski definition) is 6. The number of carbonyl (C=O) groups is 1. The Morgan fingerprint density at radius 2 is 1.93 bits per heavy atom. The van der Waals surface area contributed by atoms with Gasteiger partial charge in [0.1, 0.15) is 17.0 Å². The zero-order valence-corrected chi connectivity index (χ0v) is 15.8. The summed E-state index contributed by atoms with van der Waals surface area (Å²) in [6.07, 6.45) is 6.77. The van der Waals surface area contributed by atoms with Crippen molar-refractivity contribution in [1.82, 2.24) is 20.3 Å². The Hall–Kier alpha value is -3.22. The standard InChI is InChI=1S/C21H23N5O2/c1-13-3-2-4-17(25-13)21(27)26-15-5-7-16(8-6-15)28-19-12-14(22)11-18-20(19)24-10-9-23-18/h2-4,9-12,15-16H,5-8,22H2,1H3,(H,26,27). The maximum absolute atomic E-state index is 12.4. The Morgan fingerprint density at radius 3 is 2.71 bits per heavy atom. The number of carbonyl (C=O) groups excluding carboxylic acids is 1. The van der Waals surface area contributed by atoms with Crippen LogP contribution in [0.25, 0.3) is 11.0 Å². The van der Waals surface area contributed by atoms with Gasteiger partial charge < -0.3 is 15.8 Å². The van der Waals surface area contributed by atoms with Gasteiger partial charge in [0, 0.05) is 35.9 Å². The lowest BCUT2D eigenvalue weighted by atomic mass is 9.92. The molecule has 28 heavy (non-hydrogen) atoms. The van der Waals surface area contributed by atoms with E-state index >= 15 is 0 Å². The van der Waals surface area contributed by atoms with Crippen molar-refractivity contribution in [3.8, 4) is 5.75 Å². The van der Waals surface area contributed by atoms with E-state index in [9.17, 15) is 4.79 Å². The van der Waals surface area contributed by atoms with Crippen LogP contribution in [0.2, 0.25) is 0 Å². The van der Waals surface area contributed by atoms with E-state index in [4.69, 9.17) is 10.5 Å². The summed E-state index contributed by atoms with van der Waals surface area (Å²) in [4.78, 5) is 25.3. The molecule has 1 amide bonds. The summed E-state index contributed by atoms with van der Waals surface area (Å²) in [6.45, 7) is 1.88. The van der Waals surface area contributed by atoms with E-state index in [-0.39, 0.29) is 18.1 Å². The van der Waals surface area contributed by atoms with Crippen molar-refractivity contribution < 1.29 is 9.53 Å². The number of nitrogen functional groups attached to an aromatic ring is 1. The lowest BCUT2D eigenvalue weighted by molar-refractivity contribution is 0.0890. The number of nitrogens with two attached hydrogens (primary N) is 1. The number of fused-ring (bicyclic) bond motifs is 1. The maximum Gasteiger partial charge on any atom is 0.270 e. The number of benzene rings is 1. The number of rotatable bonds is 4. The van der Waals surface area contributed by atoms with Gasteiger partial charge in [-0.25, -0.2) is 9.97 Å². The number of amides is 1. The highest BCUT2D eigenvalue weighted by atomic mass is 16.5. The molecule has 144 valence electrons. The monoisotopic (exact) mass is 377 g/mol. The van der Waals surface area contributed by atoms with Crippen molar-refractivity contribution in [3.05, 3.63) is 54.1 Å². The highest BCUT2D eigenvalue weighted by molar-refractivity contribution is 5.92. The van der Waals surface area contributed by atoms with Crippen LogP contribution in [0.5, 0.6) is 5.75 Å². The Balaban J connectivity index is 1.37. The minimum Gasteiger partial charge on any atom is -0.488 e. The topological polar surface area (TPSA) is 103 Å². The largest absolute Gasteiger partial charge is 0.488 e. The van der Waals surface area contributed by atoms with Crippen molar-refractivity contribution in [2.24, 2.45) is 0 Å². The van der Waals surface area contributed by atoms with Crippen LogP contribution in [0.15, 0.2) is 42.7 Å². The second kappa shape index (κ2) is 7.80. The van der Waals surface area contributed by atoms with Crippen LogP contribution in [0.4, 0.5) is 5.69 Å². The van der Waals surface area contributed by atoms with Crippen molar-refractivity contribution in [3.63, 3.8) is 0 Å². The van der Waals surface area contributed by atoms with E-state index in [0.717, 1.165) is 42.4 Å². The fourth-order valence-electron chi connectivity index (χ4n) is 3.59. The van der Waals surface area contributed by atoms with Crippen LogP contribution in [0, 0.1) is 6.92 Å². The van der Waals surface area contributed by atoms with Gasteiger partial charge >= 0.3 is 0 Å². The number of nitrogens with zero attached hydrogens (tertiary/aromatic N) is 3. The van der Waals surface area contributed by atoms with Crippen molar-refractivity contribution in [2.45, 2.75) is 44.8 Å². The molecule has 0 bridgehead atoms. The molecule has 3 N–H and O–H groups in total. The summed E-state index contributed by atoms with van der Waals surface area (Å²) >= 11 is 0. The van der Waals surface area contributed by atoms with Crippen molar-refractivity contribution >= 4 is 22.6 Å². The smallest absolute Gasteiger partial charge is 0.270 e. The van der Waals surface area contributed by atoms with Crippen LogP contribution >= 0.6 is 0 Å². The van der Waals surface area contributed by atoms with Gasteiger partial charge in [0.15, 0.2) is 0 Å². The molecule has 3 aromatic rings. The quantitative estimate of drug-likeness (QED) is 0.678. The lowest BCUT2D eigenvalue weighted by Gasteiger charge is -2.29. The van der Waals surface area contributed by atoms with Crippen LogP contribution in [-0.4, -0.2) is 33.0 Å². The summed E-state index contributed by atoms with van der Waals surface area (Å²) in [6, 6.07) is 9.19. The van der Waals surface area contributed by atoms with Gasteiger partial charge in [0.05, 0.1) is 11.6 Å². The van der Waals surface area contributed by atoms with Crippen LogP contribution in [-0.2, 0) is 0 Å². The zero-order chi connectivity index (χ0) is 19.5. The molecule has 0 saturated heterocycles. The Labute approximate surface area is 163 Å². The predicted molar refractivity (Wildman–Crippen MR) is 107 cm³/mol. The molecule has 0 unspecified atom stereocenters. The molecule has 0 spiro atoms. The van der Waals surface area contributed by atoms with Crippen molar-refractivity contribution in [1.29, 1.82) is 0 Å². The summed E-state index contributed by atoms with van der Waals surface area (Å²) in [5, 5.41) is 3.09. The number of ether oxygens (including phenoxy) is 1. The van der Waals surface area contributed by atoms with E-state index < -0.39 is 0 Å². The number of nitrogens with one attached hydrogen (secondary N) is 1. The molecular formula is C21H23N5O2. The molecule has 2 heterocycles. The molecule has 1 aliphatic rings. The zero-order valence-electron chi connectivity index (χ0n) is 15.8. The number of aryl methyl sites for hydroxylation is 1. The molecule has 2 aromatic heterocycles. The summed E-state index contributed by atoms with van der Waals surface area (Å²) in [7, 11) is 0. The molecule has 1 aliphatic carbocycles. The molecule has 7 nitrogen and oxygen atoms in total. The minimum atomic E-state index is -0.120. The Kier molecular flexibility index (Phi) is 5.06. The number of aromatic nitrogens is 3. The first-order chi connectivity index (χ1) is 13.6. The predicted octanol–water partition coefficient (Wildman–Crippen LogP) is 3.04. The molecule has 7 heteroatoms. The lowest BCUT2D eigenvalue weighted by Crippen LogP contribution is -2.40. The molecule has 4 rings (SSSR count). The van der Waals surface area contributed by atoms with Crippen molar-refractivity contribution in [2.75, 3.05) is 5.73 Å². The normalized spacial score (nSPS) is 19.3. The van der Waals surface area contributed by atoms with Crippen LogP contribution in [0.1, 0.15) is 41.9 Å². The second-order valence-electron chi connectivity index (χ2n) is 7.17. The average Bonchev–Trinajstić information content (AvgIpc) is 2.69. The third-order valence-corrected chi connectivity index (χ3v) is 4.99. The summed E-state index contributed by atoms with van der Waals surface area (Å²) in [5.74, 6) is 0.546. The van der Waals surface area contributed by atoms with E-state index in [1.165, 1.54) is 0 Å². The fourth-order valence-corrected chi connectivity index (χ4v) is 3.59. The minimum absolute atomic E-state index is 0.0669. The van der Waals surface area contributed by atoms with Gasteiger partial charge in [-0.2, -0.15) is 0 Å². The first-order valence-electron chi connectivity index (χ1n) is 9.50. The number of anilines is 1. The summed E-state index contributed by atoms with van der Waals surface area (Å²) < 4.78 is 6.20. The molecule has 1 aromatic carbocycles. The van der Waals surface area contributed by atoms with Gasteiger partial charge in [-0.3, -0.25) is 9.78 Å². The van der Waals surface area contributed by atoms with E-state index in [1.54, 1.807) is 30.6 Å². The van der Waals surface area contributed by atoms with Gasteiger partial charge in [0.2, 0.25) is 0 Å². The van der Waals surface area contributed by atoms with Gasteiger partial charge in [-0.15, -0.1) is 0 Å². The maximum atomic E-state index is 12.4. The molecule has 1 fully saturated rings. The highest BCUT2D eigenvalue weighted by Gasteiger charge is 2.25. The summed E-state index contributed by atoms with van der Waals surface area (Å²) in [5.41, 5.74) is 9.32. The molecular weight excluding hydrogens is 354 g/mol. The Morgan fingerprint density at radius 1 is 1.14 bits per heavy atom. The van der Waals surface area contributed by atoms with E-state index in [0.29, 0.717) is 17.1 Å². The van der Waals surface area contributed by atoms with Crippen LogP contribution < -0.4 is 15.8 Å². The van der Waals surface area contributed by atoms with E-state index in [2.05, 4.69) is 20.3 Å². The highest BCUT2D eigenvalue weighted by Crippen LogP contribution is 2.30. The third kappa shape index (κ3) is 4.03. The Bertz CT molecular complexity index is 999. The van der Waals surface area contributed by atoms with E-state index in [1.807, 2.05) is 19.1 Å². The van der Waals surface area contributed by atoms with Gasteiger partial charge in [0.25, 0.3) is 5.91 Å². The molecule has 1 saturated carbocycles. The first kappa shape index (κ1) is 18.2. The molecule has 0 atom stereocenters. The molecule has 0 radical (unpaired) electrons. The molecule has 0 aliphatic heterocycles. The average molecular weight is 377 g/mol. The van der Waals surface area contributed by atoms with Gasteiger partial charge in [-0.1, -0.05) is 6.07 Å². The number of hydrogen-bond donors (Lipinski definition) is 2. The SMILES string of the molecule is Cc1cccc(C(=O)NC2CCC(Oc3cc(N)cc4nccnc34)CC2)n1. The third-order valence-electron chi connectivity index (χ3n) is 4.99. The first-order valence-corrected chi connectivity index (χ1v) is 9.50. The number of pyridine rings is 1. The van der Waals surface area contributed by atoms with Gasteiger partial charge in [-0.05, 0) is 50.8 Å². The fraction of sp³-hybridized carbons (Fsp3) is 0.333. The second-order valence-corrected chi connectivity index (χ2v) is 7.17.